The van der Waals surface area contributed by atoms with Crippen LogP contribution in [0, 0.1) is 0 Å². The number of anilines is 5. The molecule has 0 spiro atoms. The van der Waals surface area contributed by atoms with Crippen LogP contribution >= 0.6 is 11.6 Å². The molecule has 37 heavy (non-hydrogen) atoms. The second-order valence-corrected chi connectivity index (χ2v) is 9.22. The monoisotopic (exact) mass is 518 g/mol. The Balaban J connectivity index is 1.23. The van der Waals surface area contributed by atoms with Gasteiger partial charge < -0.3 is 25.6 Å². The summed E-state index contributed by atoms with van der Waals surface area (Å²) in [6, 6.07) is 16.1. The number of hydrogen-bond donors (Lipinski definition) is 3. The van der Waals surface area contributed by atoms with Crippen LogP contribution < -0.4 is 20.9 Å². The summed E-state index contributed by atoms with van der Waals surface area (Å²) < 4.78 is 5.50. The number of rotatable bonds is 10. The molecule has 5 rings (SSSR count). The molecule has 0 unspecified atom stereocenters. The third-order valence-corrected chi connectivity index (χ3v) is 6.43. The second-order valence-electron chi connectivity index (χ2n) is 8.78. The molecule has 0 aliphatic carbocycles. The largest absolute Gasteiger partial charge is 0.384 e. The highest BCUT2D eigenvalue weighted by Gasteiger charge is 2.17. The van der Waals surface area contributed by atoms with Crippen molar-refractivity contribution in [1.82, 2.24) is 19.9 Å². The normalized spacial score (nSPS) is 13.5. The number of pyridine rings is 1. The van der Waals surface area contributed by atoms with Crippen molar-refractivity contribution in [3.63, 3.8) is 0 Å². The number of aryl methyl sites for hydroxylation is 1. The van der Waals surface area contributed by atoms with Gasteiger partial charge in [-0.05, 0) is 54.8 Å². The Hall–Kier alpha value is -3.69. The zero-order valence-electron chi connectivity index (χ0n) is 20.9. The first-order chi connectivity index (χ1) is 18.2. The van der Waals surface area contributed by atoms with Gasteiger partial charge in [0.2, 0.25) is 17.8 Å². The predicted molar refractivity (Wildman–Crippen MR) is 150 cm³/mol. The van der Waals surface area contributed by atoms with E-state index in [4.69, 9.17) is 16.3 Å². The van der Waals surface area contributed by atoms with Gasteiger partial charge in [-0.15, -0.1) is 0 Å². The highest BCUT2D eigenvalue weighted by molar-refractivity contribution is 6.31. The van der Waals surface area contributed by atoms with Crippen molar-refractivity contribution >= 4 is 51.7 Å². The van der Waals surface area contributed by atoms with Gasteiger partial charge in [0, 0.05) is 54.2 Å². The molecule has 0 atom stereocenters. The molecule has 0 radical (unpaired) electrons. The van der Waals surface area contributed by atoms with E-state index in [1.54, 1.807) is 6.20 Å². The molecule has 10 heteroatoms. The van der Waals surface area contributed by atoms with Crippen molar-refractivity contribution in [1.29, 1.82) is 0 Å². The SMILES string of the molecule is CCc1ccc(Nc2nc(NCCCNc3ccnc4cc(Cl)ccc34)nc(N3CCOCC3)n2)cc1. The van der Waals surface area contributed by atoms with E-state index in [-0.39, 0.29) is 0 Å². The van der Waals surface area contributed by atoms with E-state index < -0.39 is 0 Å². The third-order valence-electron chi connectivity index (χ3n) is 6.19. The van der Waals surface area contributed by atoms with Gasteiger partial charge in [-0.2, -0.15) is 15.0 Å². The molecule has 1 fully saturated rings. The van der Waals surface area contributed by atoms with Crippen molar-refractivity contribution in [2.24, 2.45) is 0 Å². The molecule has 0 amide bonds. The molecule has 192 valence electrons. The van der Waals surface area contributed by atoms with Gasteiger partial charge in [-0.1, -0.05) is 30.7 Å². The average molecular weight is 519 g/mol. The minimum Gasteiger partial charge on any atom is -0.384 e. The van der Waals surface area contributed by atoms with Crippen molar-refractivity contribution in [3.05, 3.63) is 65.3 Å². The maximum atomic E-state index is 6.11. The van der Waals surface area contributed by atoms with Gasteiger partial charge in [0.05, 0.1) is 18.7 Å². The van der Waals surface area contributed by atoms with E-state index in [0.717, 1.165) is 54.8 Å². The smallest absolute Gasteiger partial charge is 0.233 e. The molecule has 1 saturated heterocycles. The standard InChI is InChI=1S/C27H31ClN8O/c1-2-19-4-7-21(8-5-19)32-26-33-25(34-27(35-26)36-14-16-37-17-15-36)31-12-3-11-29-23-10-13-30-24-18-20(28)6-9-22(23)24/h4-10,13,18H,2-3,11-12,14-17H2,1H3,(H,29,30)(H2,31,32,33,34,35). The fourth-order valence-corrected chi connectivity index (χ4v) is 4.31. The molecule has 1 aliphatic rings. The quantitative estimate of drug-likeness (QED) is 0.247. The van der Waals surface area contributed by atoms with E-state index >= 15 is 0 Å². The van der Waals surface area contributed by atoms with Crippen molar-refractivity contribution < 1.29 is 4.74 Å². The molecule has 1 aliphatic heterocycles. The Bertz CT molecular complexity index is 1330. The summed E-state index contributed by atoms with van der Waals surface area (Å²) in [5.41, 5.74) is 4.14. The number of ether oxygens (including phenoxy) is 1. The van der Waals surface area contributed by atoms with Gasteiger partial charge in [0.25, 0.3) is 0 Å². The molecule has 4 aromatic rings. The Labute approximate surface area is 221 Å². The minimum absolute atomic E-state index is 0.517. The molecule has 3 N–H and O–H groups in total. The summed E-state index contributed by atoms with van der Waals surface area (Å²) >= 11 is 6.11. The molecule has 3 heterocycles. The van der Waals surface area contributed by atoms with Crippen LogP contribution in [0.3, 0.4) is 0 Å². The number of halogens is 1. The number of hydrogen-bond acceptors (Lipinski definition) is 9. The van der Waals surface area contributed by atoms with Gasteiger partial charge >= 0.3 is 0 Å². The van der Waals surface area contributed by atoms with Crippen LogP contribution in [0.2, 0.25) is 5.02 Å². The number of nitrogens with one attached hydrogen (secondary N) is 3. The van der Waals surface area contributed by atoms with E-state index in [0.29, 0.717) is 42.6 Å². The van der Waals surface area contributed by atoms with Crippen LogP contribution in [0.5, 0.6) is 0 Å². The molecule has 2 aromatic carbocycles. The summed E-state index contributed by atoms with van der Waals surface area (Å²) in [5, 5.41) is 11.9. The highest BCUT2D eigenvalue weighted by Crippen LogP contribution is 2.24. The van der Waals surface area contributed by atoms with Gasteiger partial charge in [-0.25, -0.2) is 0 Å². The summed E-state index contributed by atoms with van der Waals surface area (Å²) in [7, 11) is 0. The Morgan fingerprint density at radius 2 is 1.70 bits per heavy atom. The van der Waals surface area contributed by atoms with E-state index in [9.17, 15) is 0 Å². The number of fused-ring (bicyclic) bond motifs is 1. The van der Waals surface area contributed by atoms with Crippen LogP contribution in [0.25, 0.3) is 10.9 Å². The molecule has 2 aromatic heterocycles. The molecule has 0 saturated carbocycles. The lowest BCUT2D eigenvalue weighted by atomic mass is 10.1. The predicted octanol–water partition coefficient (Wildman–Crippen LogP) is 5.13. The Kier molecular flexibility index (Phi) is 8.12. The van der Waals surface area contributed by atoms with Gasteiger partial charge in [-0.3, -0.25) is 4.98 Å². The maximum Gasteiger partial charge on any atom is 0.233 e. The molecule has 0 bridgehead atoms. The zero-order chi connectivity index (χ0) is 25.5. The number of aromatic nitrogens is 4. The second kappa shape index (κ2) is 12.0. The summed E-state index contributed by atoms with van der Waals surface area (Å²) in [4.78, 5) is 20.5. The maximum absolute atomic E-state index is 6.11. The van der Waals surface area contributed by atoms with Crippen molar-refractivity contribution in [3.8, 4) is 0 Å². The van der Waals surface area contributed by atoms with Crippen LogP contribution in [0.1, 0.15) is 18.9 Å². The first-order valence-corrected chi connectivity index (χ1v) is 13.0. The van der Waals surface area contributed by atoms with Crippen molar-refractivity contribution in [2.45, 2.75) is 19.8 Å². The number of nitrogens with zero attached hydrogens (tertiary/aromatic N) is 5. The summed E-state index contributed by atoms with van der Waals surface area (Å²) in [6.45, 7) is 6.47. The molecular weight excluding hydrogens is 488 g/mol. The first-order valence-electron chi connectivity index (χ1n) is 12.6. The van der Waals surface area contributed by atoms with Gasteiger partial charge in [0.15, 0.2) is 0 Å². The fourth-order valence-electron chi connectivity index (χ4n) is 4.14. The average Bonchev–Trinajstić information content (AvgIpc) is 2.93. The van der Waals surface area contributed by atoms with Crippen LogP contribution in [0.4, 0.5) is 29.2 Å². The van der Waals surface area contributed by atoms with E-state index in [1.807, 2.05) is 36.4 Å². The Morgan fingerprint density at radius 1 is 0.919 bits per heavy atom. The summed E-state index contributed by atoms with van der Waals surface area (Å²) in [6.07, 6.45) is 3.67. The van der Waals surface area contributed by atoms with Crippen LogP contribution in [-0.2, 0) is 11.2 Å². The topological polar surface area (TPSA) is 100 Å². The Morgan fingerprint density at radius 3 is 2.51 bits per heavy atom. The number of morpholine rings is 1. The summed E-state index contributed by atoms with van der Waals surface area (Å²) in [5.74, 6) is 1.71. The van der Waals surface area contributed by atoms with Gasteiger partial charge in [0.1, 0.15) is 0 Å². The van der Waals surface area contributed by atoms with E-state index in [1.165, 1.54) is 5.56 Å². The van der Waals surface area contributed by atoms with E-state index in [2.05, 4.69) is 59.8 Å². The van der Waals surface area contributed by atoms with Crippen molar-refractivity contribution in [2.75, 3.05) is 60.2 Å². The third kappa shape index (κ3) is 6.55. The minimum atomic E-state index is 0.517. The molecular formula is C27H31ClN8O. The highest BCUT2D eigenvalue weighted by atomic mass is 35.5. The van der Waals surface area contributed by atoms with Crippen LogP contribution in [0.15, 0.2) is 54.7 Å². The lowest BCUT2D eigenvalue weighted by molar-refractivity contribution is 0.122. The fraction of sp³-hybridized carbons (Fsp3) is 0.333. The zero-order valence-corrected chi connectivity index (χ0v) is 21.6. The van der Waals surface area contributed by atoms with Crippen LogP contribution in [-0.4, -0.2) is 59.3 Å². The molecule has 9 nitrogen and oxygen atoms in total. The first kappa shape index (κ1) is 25.0. The lowest BCUT2D eigenvalue weighted by Gasteiger charge is -2.27. The lowest BCUT2D eigenvalue weighted by Crippen LogP contribution is -2.37. The number of benzene rings is 2.